The molecule has 0 aromatic carbocycles. The van der Waals surface area contributed by atoms with Crippen molar-refractivity contribution in [3.63, 3.8) is 0 Å². The molecule has 0 unspecified atom stereocenters. The Bertz CT molecular complexity index is 351. The molecule has 0 bridgehead atoms. The lowest BCUT2D eigenvalue weighted by molar-refractivity contribution is -0.130. The predicted molar refractivity (Wildman–Crippen MR) is 68.6 cm³/mol. The van der Waals surface area contributed by atoms with Gasteiger partial charge in [0.25, 0.3) is 0 Å². The number of likely N-dealkylation sites (N-methyl/N-ethyl adjacent to an activating group) is 1. The summed E-state index contributed by atoms with van der Waals surface area (Å²) in [4.78, 5) is 17.7. The maximum absolute atomic E-state index is 11.8. The molecule has 0 saturated carbocycles. The number of hydrogen-bond acceptors (Lipinski definition) is 3. The van der Waals surface area contributed by atoms with Crippen LogP contribution < -0.4 is 5.32 Å². The number of nitrogens with zero attached hydrogens (tertiary/aromatic N) is 2. The van der Waals surface area contributed by atoms with Gasteiger partial charge in [-0.2, -0.15) is 0 Å². The van der Waals surface area contributed by atoms with Crippen LogP contribution in [0.4, 0.5) is 0 Å². The van der Waals surface area contributed by atoms with Crippen LogP contribution in [0.3, 0.4) is 0 Å². The number of amides is 1. The number of nitrogens with one attached hydrogen (secondary N) is 1. The Morgan fingerprint density at radius 2 is 2.12 bits per heavy atom. The van der Waals surface area contributed by atoms with E-state index in [0.29, 0.717) is 6.54 Å². The van der Waals surface area contributed by atoms with E-state index >= 15 is 0 Å². The zero-order valence-corrected chi connectivity index (χ0v) is 11.0. The van der Waals surface area contributed by atoms with E-state index in [1.54, 1.807) is 11.1 Å². The molecule has 94 valence electrons. The van der Waals surface area contributed by atoms with Crippen molar-refractivity contribution in [2.24, 2.45) is 0 Å². The van der Waals surface area contributed by atoms with Crippen molar-refractivity contribution < 1.29 is 4.79 Å². The molecule has 0 radical (unpaired) electrons. The van der Waals surface area contributed by atoms with E-state index in [4.69, 9.17) is 0 Å². The van der Waals surface area contributed by atoms with Crippen molar-refractivity contribution in [1.29, 1.82) is 0 Å². The zero-order chi connectivity index (χ0) is 12.8. The van der Waals surface area contributed by atoms with Crippen molar-refractivity contribution in [3.8, 4) is 0 Å². The van der Waals surface area contributed by atoms with E-state index in [0.717, 1.165) is 5.69 Å². The summed E-state index contributed by atoms with van der Waals surface area (Å²) in [6.07, 6.45) is 1.76. The summed E-state index contributed by atoms with van der Waals surface area (Å²) in [7, 11) is 1.82. The highest BCUT2D eigenvalue weighted by atomic mass is 16.2. The average Bonchev–Trinajstić information content (AvgIpc) is 2.35. The lowest BCUT2D eigenvalue weighted by atomic mass is 10.2. The number of aromatic nitrogens is 1. The van der Waals surface area contributed by atoms with Gasteiger partial charge in [0.1, 0.15) is 0 Å². The molecular formula is C13H21N3O. The van der Waals surface area contributed by atoms with Crippen molar-refractivity contribution in [2.45, 2.75) is 32.9 Å². The summed E-state index contributed by atoms with van der Waals surface area (Å²) < 4.78 is 0. The molecule has 1 heterocycles. The van der Waals surface area contributed by atoms with Gasteiger partial charge < -0.3 is 10.2 Å². The molecule has 0 aliphatic rings. The Balaban J connectivity index is 2.44. The van der Waals surface area contributed by atoms with Gasteiger partial charge in [-0.1, -0.05) is 6.07 Å². The van der Waals surface area contributed by atoms with Gasteiger partial charge in [0.2, 0.25) is 5.91 Å². The highest BCUT2D eigenvalue weighted by Crippen LogP contribution is 2.07. The Hall–Kier alpha value is -1.42. The van der Waals surface area contributed by atoms with Crippen LogP contribution in [0.2, 0.25) is 0 Å². The Kier molecular flexibility index (Phi) is 5.10. The van der Waals surface area contributed by atoms with Gasteiger partial charge in [-0.15, -0.1) is 0 Å². The third-order valence-corrected chi connectivity index (χ3v) is 2.86. The monoisotopic (exact) mass is 235 g/mol. The third kappa shape index (κ3) is 4.15. The molecular weight excluding hydrogens is 214 g/mol. The first-order chi connectivity index (χ1) is 8.02. The van der Waals surface area contributed by atoms with Gasteiger partial charge in [-0.3, -0.25) is 9.78 Å². The van der Waals surface area contributed by atoms with E-state index in [-0.39, 0.29) is 18.0 Å². The van der Waals surface area contributed by atoms with E-state index in [2.05, 4.69) is 10.3 Å². The molecule has 1 aromatic rings. The maximum atomic E-state index is 11.8. The van der Waals surface area contributed by atoms with Gasteiger partial charge in [-0.05, 0) is 32.9 Å². The number of pyridine rings is 1. The van der Waals surface area contributed by atoms with E-state index in [1.807, 2.05) is 46.0 Å². The average molecular weight is 235 g/mol. The lowest BCUT2D eigenvalue weighted by Crippen LogP contribution is -2.40. The third-order valence-electron chi connectivity index (χ3n) is 2.86. The molecule has 0 fully saturated rings. The van der Waals surface area contributed by atoms with Crippen LogP contribution in [0.1, 0.15) is 32.5 Å². The van der Waals surface area contributed by atoms with Crippen LogP contribution in [0.5, 0.6) is 0 Å². The maximum Gasteiger partial charge on any atom is 0.236 e. The molecule has 1 N–H and O–H groups in total. The first-order valence-corrected chi connectivity index (χ1v) is 5.92. The fraction of sp³-hybridized carbons (Fsp3) is 0.538. The Labute approximate surface area is 103 Å². The van der Waals surface area contributed by atoms with Crippen LogP contribution in [0.15, 0.2) is 24.4 Å². The highest BCUT2D eigenvalue weighted by Gasteiger charge is 2.13. The first-order valence-electron chi connectivity index (χ1n) is 5.92. The number of carbonyl (C=O) groups excluding carboxylic acids is 1. The standard InChI is InChI=1S/C13H21N3O/c1-10(2)16(4)13(17)9-15-11(3)12-7-5-6-8-14-12/h5-8,10-11,15H,9H2,1-4H3/t11-/m1/s1. The minimum absolute atomic E-state index is 0.0840. The van der Waals surface area contributed by atoms with Gasteiger partial charge in [0.05, 0.1) is 12.2 Å². The Morgan fingerprint density at radius 1 is 1.41 bits per heavy atom. The quantitative estimate of drug-likeness (QED) is 0.843. The van der Waals surface area contributed by atoms with Gasteiger partial charge >= 0.3 is 0 Å². The molecule has 0 aliphatic carbocycles. The summed E-state index contributed by atoms with van der Waals surface area (Å²) in [6.45, 7) is 6.34. The van der Waals surface area contributed by atoms with Gasteiger partial charge in [-0.25, -0.2) is 0 Å². The summed E-state index contributed by atoms with van der Waals surface area (Å²) in [5.41, 5.74) is 0.951. The van der Waals surface area contributed by atoms with E-state index < -0.39 is 0 Å². The largest absolute Gasteiger partial charge is 0.342 e. The SMILES string of the molecule is CC(C)N(C)C(=O)CN[C@H](C)c1ccccn1. The van der Waals surface area contributed by atoms with Crippen molar-refractivity contribution >= 4 is 5.91 Å². The summed E-state index contributed by atoms with van der Waals surface area (Å²) in [5, 5.41) is 3.18. The van der Waals surface area contributed by atoms with Crippen molar-refractivity contribution in [1.82, 2.24) is 15.2 Å². The topological polar surface area (TPSA) is 45.2 Å². The van der Waals surface area contributed by atoms with Crippen LogP contribution >= 0.6 is 0 Å². The molecule has 0 aliphatic heterocycles. The zero-order valence-electron chi connectivity index (χ0n) is 11.0. The molecule has 0 spiro atoms. The van der Waals surface area contributed by atoms with E-state index in [1.165, 1.54) is 0 Å². The fourth-order valence-electron chi connectivity index (χ4n) is 1.39. The number of carbonyl (C=O) groups is 1. The second-order valence-corrected chi connectivity index (χ2v) is 4.46. The minimum atomic E-state index is 0.0840. The van der Waals surface area contributed by atoms with Crippen molar-refractivity contribution in [3.05, 3.63) is 30.1 Å². The van der Waals surface area contributed by atoms with Crippen molar-refractivity contribution in [2.75, 3.05) is 13.6 Å². The molecule has 17 heavy (non-hydrogen) atoms. The normalized spacial score (nSPS) is 12.5. The summed E-state index contributed by atoms with van der Waals surface area (Å²) >= 11 is 0. The van der Waals surface area contributed by atoms with Gasteiger partial charge in [0, 0.05) is 25.3 Å². The summed E-state index contributed by atoms with van der Waals surface area (Å²) in [6, 6.07) is 6.10. The summed E-state index contributed by atoms with van der Waals surface area (Å²) in [5.74, 6) is 0.0998. The molecule has 1 rings (SSSR count). The van der Waals surface area contributed by atoms with Crippen LogP contribution in [-0.4, -0.2) is 35.4 Å². The van der Waals surface area contributed by atoms with Crippen LogP contribution in [0.25, 0.3) is 0 Å². The predicted octanol–water partition coefficient (Wildman–Crippen LogP) is 1.60. The minimum Gasteiger partial charge on any atom is -0.342 e. The Morgan fingerprint density at radius 3 is 2.65 bits per heavy atom. The first kappa shape index (κ1) is 13.6. The molecule has 1 amide bonds. The molecule has 0 saturated heterocycles. The molecule has 1 aromatic heterocycles. The second kappa shape index (κ2) is 6.35. The second-order valence-electron chi connectivity index (χ2n) is 4.46. The highest BCUT2D eigenvalue weighted by molar-refractivity contribution is 5.78. The lowest BCUT2D eigenvalue weighted by Gasteiger charge is -2.22. The molecule has 4 nitrogen and oxygen atoms in total. The number of hydrogen-bond donors (Lipinski definition) is 1. The molecule has 4 heteroatoms. The van der Waals surface area contributed by atoms with Crippen LogP contribution in [0, 0.1) is 0 Å². The fourth-order valence-corrected chi connectivity index (χ4v) is 1.39. The van der Waals surface area contributed by atoms with Crippen LogP contribution in [-0.2, 0) is 4.79 Å². The smallest absolute Gasteiger partial charge is 0.236 e. The molecule has 1 atom stereocenters. The van der Waals surface area contributed by atoms with Gasteiger partial charge in [0.15, 0.2) is 0 Å². The van der Waals surface area contributed by atoms with E-state index in [9.17, 15) is 4.79 Å². The number of rotatable bonds is 5.